The number of phenols is 1. The van der Waals surface area contributed by atoms with Crippen molar-refractivity contribution in [2.24, 2.45) is 0 Å². The summed E-state index contributed by atoms with van der Waals surface area (Å²) in [4.78, 5) is 0. The zero-order valence-corrected chi connectivity index (χ0v) is 8.51. The summed E-state index contributed by atoms with van der Waals surface area (Å²) in [6.07, 6.45) is 1.81. The maximum absolute atomic E-state index is 9.13. The van der Waals surface area contributed by atoms with Gasteiger partial charge in [0.25, 0.3) is 0 Å². The van der Waals surface area contributed by atoms with Gasteiger partial charge < -0.3 is 10.8 Å². The number of aromatic hydroxyl groups is 1. The first-order valence-electron chi connectivity index (χ1n) is 4.72. The molecule has 0 bridgehead atoms. The van der Waals surface area contributed by atoms with E-state index in [9.17, 15) is 0 Å². The van der Waals surface area contributed by atoms with Crippen molar-refractivity contribution in [3.63, 3.8) is 0 Å². The highest BCUT2D eigenvalue weighted by Gasteiger charge is 2.01. The Hall–Kier alpha value is -1.97. The van der Waals surface area contributed by atoms with E-state index in [4.69, 9.17) is 10.8 Å². The van der Waals surface area contributed by atoms with Gasteiger partial charge in [0.1, 0.15) is 5.75 Å². The minimum atomic E-state index is 0.273. The molecule has 1 aromatic heterocycles. The molecular formula is C11H13N3O. The van der Waals surface area contributed by atoms with E-state index in [1.165, 1.54) is 0 Å². The molecule has 0 saturated carbocycles. The molecule has 0 radical (unpaired) electrons. The van der Waals surface area contributed by atoms with Crippen LogP contribution in [0.15, 0.2) is 30.5 Å². The largest absolute Gasteiger partial charge is 0.508 e. The van der Waals surface area contributed by atoms with E-state index < -0.39 is 0 Å². The van der Waals surface area contributed by atoms with Gasteiger partial charge in [-0.05, 0) is 24.6 Å². The second kappa shape index (κ2) is 3.65. The number of aryl methyl sites for hydroxylation is 1. The van der Waals surface area contributed by atoms with Crippen molar-refractivity contribution in [1.29, 1.82) is 0 Å². The average molecular weight is 203 g/mol. The number of nitrogens with zero attached hydrogens (tertiary/aromatic N) is 2. The van der Waals surface area contributed by atoms with Crippen molar-refractivity contribution in [3.8, 4) is 5.75 Å². The van der Waals surface area contributed by atoms with Gasteiger partial charge in [-0.15, -0.1) is 0 Å². The third-order valence-corrected chi connectivity index (χ3v) is 2.27. The summed E-state index contributed by atoms with van der Waals surface area (Å²) in [7, 11) is 0. The summed E-state index contributed by atoms with van der Waals surface area (Å²) >= 11 is 0. The van der Waals surface area contributed by atoms with Crippen molar-refractivity contribution < 1.29 is 5.11 Å². The molecule has 0 aliphatic rings. The van der Waals surface area contributed by atoms with Crippen LogP contribution in [0, 0.1) is 6.92 Å². The second-order valence-corrected chi connectivity index (χ2v) is 3.53. The molecule has 0 amide bonds. The first-order valence-corrected chi connectivity index (χ1v) is 4.72. The van der Waals surface area contributed by atoms with Crippen molar-refractivity contribution >= 4 is 5.69 Å². The summed E-state index contributed by atoms with van der Waals surface area (Å²) in [5.41, 5.74) is 8.32. The molecule has 15 heavy (non-hydrogen) atoms. The number of hydrogen-bond donors (Lipinski definition) is 2. The Bertz CT molecular complexity index is 440. The molecule has 78 valence electrons. The zero-order chi connectivity index (χ0) is 10.8. The molecule has 0 aliphatic heterocycles. The predicted molar refractivity (Wildman–Crippen MR) is 58.6 cm³/mol. The lowest BCUT2D eigenvalue weighted by Gasteiger charge is -2.01. The molecule has 0 aliphatic carbocycles. The van der Waals surface area contributed by atoms with Gasteiger partial charge in [0.2, 0.25) is 0 Å². The SMILES string of the molecule is Cc1nn(Cc2ccc(O)cc2)cc1N. The van der Waals surface area contributed by atoms with Crippen LogP contribution in [-0.4, -0.2) is 14.9 Å². The Kier molecular flexibility index (Phi) is 2.33. The number of phenolic OH excluding ortho intramolecular Hbond substituents is 1. The van der Waals surface area contributed by atoms with Crippen LogP contribution in [0.25, 0.3) is 0 Å². The van der Waals surface area contributed by atoms with Crippen LogP contribution in [0.3, 0.4) is 0 Å². The Morgan fingerprint density at radius 1 is 1.33 bits per heavy atom. The van der Waals surface area contributed by atoms with Crippen LogP contribution in [0.1, 0.15) is 11.3 Å². The van der Waals surface area contributed by atoms with Crippen molar-refractivity contribution in [3.05, 3.63) is 41.7 Å². The van der Waals surface area contributed by atoms with Crippen molar-refractivity contribution in [2.75, 3.05) is 5.73 Å². The van der Waals surface area contributed by atoms with E-state index in [-0.39, 0.29) is 5.75 Å². The molecule has 4 nitrogen and oxygen atoms in total. The molecule has 0 atom stereocenters. The third-order valence-electron chi connectivity index (χ3n) is 2.27. The molecule has 3 N–H and O–H groups in total. The van der Waals surface area contributed by atoms with E-state index >= 15 is 0 Å². The number of nitrogens with two attached hydrogens (primary N) is 1. The Balaban J connectivity index is 2.18. The fourth-order valence-electron chi connectivity index (χ4n) is 1.40. The van der Waals surface area contributed by atoms with Crippen LogP contribution in [-0.2, 0) is 6.54 Å². The molecule has 4 heteroatoms. The van der Waals surface area contributed by atoms with Gasteiger partial charge in [-0.1, -0.05) is 12.1 Å². The quantitative estimate of drug-likeness (QED) is 0.778. The molecule has 2 aromatic rings. The summed E-state index contributed by atoms with van der Waals surface area (Å²) in [6.45, 7) is 2.54. The van der Waals surface area contributed by atoms with Gasteiger partial charge in [0, 0.05) is 6.20 Å². The maximum Gasteiger partial charge on any atom is 0.115 e. The van der Waals surface area contributed by atoms with Crippen molar-refractivity contribution in [1.82, 2.24) is 9.78 Å². The summed E-state index contributed by atoms with van der Waals surface area (Å²) in [6, 6.07) is 7.05. The lowest BCUT2D eigenvalue weighted by molar-refractivity contribution is 0.475. The Morgan fingerprint density at radius 2 is 2.00 bits per heavy atom. The zero-order valence-electron chi connectivity index (χ0n) is 8.51. The Morgan fingerprint density at radius 3 is 2.53 bits per heavy atom. The lowest BCUT2D eigenvalue weighted by atomic mass is 10.2. The van der Waals surface area contributed by atoms with Crippen LogP contribution < -0.4 is 5.73 Å². The third kappa shape index (κ3) is 2.10. The first kappa shape index (κ1) is 9.58. The smallest absolute Gasteiger partial charge is 0.115 e. The average Bonchev–Trinajstić information content (AvgIpc) is 2.50. The summed E-state index contributed by atoms with van der Waals surface area (Å²) in [5.74, 6) is 0.273. The van der Waals surface area contributed by atoms with Gasteiger partial charge >= 0.3 is 0 Å². The standard InChI is InChI=1S/C11H13N3O/c1-8-11(12)7-14(13-8)6-9-2-4-10(15)5-3-9/h2-5,7,15H,6,12H2,1H3. The molecule has 2 rings (SSSR count). The fraction of sp³-hybridized carbons (Fsp3) is 0.182. The summed E-state index contributed by atoms with van der Waals surface area (Å²) in [5, 5.41) is 13.4. The molecule has 0 unspecified atom stereocenters. The number of benzene rings is 1. The summed E-state index contributed by atoms with van der Waals surface area (Å²) < 4.78 is 1.79. The number of anilines is 1. The highest BCUT2D eigenvalue weighted by molar-refractivity contribution is 5.39. The molecule has 0 spiro atoms. The van der Waals surface area contributed by atoms with Crippen LogP contribution in [0.5, 0.6) is 5.75 Å². The van der Waals surface area contributed by atoms with Crippen LogP contribution >= 0.6 is 0 Å². The molecule has 1 heterocycles. The number of rotatable bonds is 2. The van der Waals surface area contributed by atoms with Crippen LogP contribution in [0.2, 0.25) is 0 Å². The number of nitrogen functional groups attached to an aromatic ring is 1. The van der Waals surface area contributed by atoms with Crippen molar-refractivity contribution in [2.45, 2.75) is 13.5 Å². The van der Waals surface area contributed by atoms with Gasteiger partial charge in [-0.3, -0.25) is 4.68 Å². The van der Waals surface area contributed by atoms with Gasteiger partial charge in [0.05, 0.1) is 17.9 Å². The monoisotopic (exact) mass is 203 g/mol. The second-order valence-electron chi connectivity index (χ2n) is 3.53. The normalized spacial score (nSPS) is 10.5. The predicted octanol–water partition coefficient (Wildman–Crippen LogP) is 1.53. The minimum absolute atomic E-state index is 0.273. The van der Waals surface area contributed by atoms with E-state index in [1.54, 1.807) is 16.8 Å². The van der Waals surface area contributed by atoms with E-state index in [1.807, 2.05) is 25.3 Å². The van der Waals surface area contributed by atoms with E-state index in [0.29, 0.717) is 12.2 Å². The highest BCUT2D eigenvalue weighted by atomic mass is 16.3. The first-order chi connectivity index (χ1) is 7.15. The van der Waals surface area contributed by atoms with E-state index in [2.05, 4.69) is 5.10 Å². The molecule has 0 fully saturated rings. The molecule has 1 aromatic carbocycles. The number of hydrogen-bond acceptors (Lipinski definition) is 3. The van der Waals surface area contributed by atoms with Crippen LogP contribution in [0.4, 0.5) is 5.69 Å². The topological polar surface area (TPSA) is 64.1 Å². The highest BCUT2D eigenvalue weighted by Crippen LogP contribution is 2.12. The molecule has 0 saturated heterocycles. The Labute approximate surface area is 88.0 Å². The minimum Gasteiger partial charge on any atom is -0.508 e. The van der Waals surface area contributed by atoms with E-state index in [0.717, 1.165) is 11.3 Å². The van der Waals surface area contributed by atoms with Gasteiger partial charge in [0.15, 0.2) is 0 Å². The number of aromatic nitrogens is 2. The maximum atomic E-state index is 9.13. The molecular weight excluding hydrogens is 190 g/mol. The van der Waals surface area contributed by atoms with Gasteiger partial charge in [-0.25, -0.2) is 0 Å². The van der Waals surface area contributed by atoms with Gasteiger partial charge in [-0.2, -0.15) is 5.10 Å². The fourth-order valence-corrected chi connectivity index (χ4v) is 1.40. The lowest BCUT2D eigenvalue weighted by Crippen LogP contribution is -1.99.